The summed E-state index contributed by atoms with van der Waals surface area (Å²) in [5, 5.41) is 4.44. The molecular weight excluding hydrogens is 548 g/mol. The number of amides is 1. The van der Waals surface area contributed by atoms with E-state index in [1.54, 1.807) is 22.3 Å². The minimum atomic E-state index is -0.392. The molecule has 0 spiro atoms. The van der Waals surface area contributed by atoms with Gasteiger partial charge in [0.15, 0.2) is 6.73 Å². The van der Waals surface area contributed by atoms with Gasteiger partial charge in [0.25, 0.3) is 5.56 Å². The fourth-order valence-corrected chi connectivity index (χ4v) is 6.44. The summed E-state index contributed by atoms with van der Waals surface area (Å²) < 4.78 is 14.5. The van der Waals surface area contributed by atoms with E-state index >= 15 is 0 Å². The van der Waals surface area contributed by atoms with Gasteiger partial charge in [0.05, 0.1) is 12.1 Å². The van der Waals surface area contributed by atoms with Crippen LogP contribution in [0.1, 0.15) is 39.5 Å². The van der Waals surface area contributed by atoms with Crippen molar-refractivity contribution < 1.29 is 14.3 Å². The number of pyridine rings is 1. The third-order valence-corrected chi connectivity index (χ3v) is 8.73. The molecule has 3 heterocycles. The molecule has 4 aromatic rings. The lowest BCUT2D eigenvalue weighted by molar-refractivity contribution is 0.0759. The molecule has 0 aliphatic carbocycles. The predicted molar refractivity (Wildman–Crippen MR) is 172 cm³/mol. The zero-order chi connectivity index (χ0) is 29.3. The van der Waals surface area contributed by atoms with Crippen molar-refractivity contribution in [3.05, 3.63) is 70.3 Å². The summed E-state index contributed by atoms with van der Waals surface area (Å²) in [6.07, 6.45) is 3.34. The molecule has 1 amide bonds. The molecule has 8 nitrogen and oxygen atoms in total. The molecule has 0 atom stereocenters. The molecule has 1 aliphatic heterocycles. The van der Waals surface area contributed by atoms with Gasteiger partial charge in [-0.2, -0.15) is 0 Å². The summed E-state index contributed by atoms with van der Waals surface area (Å²) in [6.45, 7) is 11.1. The summed E-state index contributed by atoms with van der Waals surface area (Å²) in [4.78, 5) is 32.0. The average molecular weight is 591 g/mol. The van der Waals surface area contributed by atoms with E-state index in [0.717, 1.165) is 63.8 Å². The molecule has 1 fully saturated rings. The number of unbranched alkanes of at least 4 members (excludes halogenated alkanes) is 1. The molecule has 0 saturated carbocycles. The van der Waals surface area contributed by atoms with Gasteiger partial charge in [-0.05, 0) is 79.4 Å². The Morgan fingerprint density at radius 2 is 1.74 bits per heavy atom. The van der Waals surface area contributed by atoms with Crippen molar-refractivity contribution in [2.45, 2.75) is 46.3 Å². The maximum absolute atomic E-state index is 12.7. The Labute approximate surface area is 252 Å². The van der Waals surface area contributed by atoms with Crippen LogP contribution in [-0.2, 0) is 11.5 Å². The van der Waals surface area contributed by atoms with Gasteiger partial charge in [-0.3, -0.25) is 14.3 Å². The second-order valence-corrected chi connectivity index (χ2v) is 11.8. The van der Waals surface area contributed by atoms with Crippen LogP contribution in [0.4, 0.5) is 10.5 Å². The first kappa shape index (κ1) is 29.9. The number of thiophene rings is 1. The Morgan fingerprint density at radius 1 is 0.952 bits per heavy atom. The fourth-order valence-electron chi connectivity index (χ4n) is 5.63. The zero-order valence-electron chi connectivity index (χ0n) is 24.8. The quantitative estimate of drug-likeness (QED) is 0.168. The first-order chi connectivity index (χ1) is 20.6. The molecule has 5 rings (SSSR count). The van der Waals surface area contributed by atoms with Gasteiger partial charge in [-0.1, -0.05) is 19.9 Å². The summed E-state index contributed by atoms with van der Waals surface area (Å²) in [6, 6.07) is 17.9. The number of fused-ring (bicyclic) bond motifs is 2. The molecule has 9 heteroatoms. The Kier molecular flexibility index (Phi) is 10.4. The monoisotopic (exact) mass is 590 g/mol. The van der Waals surface area contributed by atoms with E-state index in [0.29, 0.717) is 31.0 Å². The van der Waals surface area contributed by atoms with Crippen molar-refractivity contribution >= 4 is 44.1 Å². The lowest BCUT2D eigenvalue weighted by Crippen LogP contribution is -2.46. The first-order valence-corrected chi connectivity index (χ1v) is 16.1. The van der Waals surface area contributed by atoms with E-state index in [2.05, 4.69) is 39.4 Å². The number of piperazine rings is 1. The maximum Gasteiger partial charge on any atom is 0.411 e. The zero-order valence-corrected chi connectivity index (χ0v) is 25.6. The smallest absolute Gasteiger partial charge is 0.411 e. The van der Waals surface area contributed by atoms with Crippen LogP contribution in [-0.4, -0.2) is 72.9 Å². The summed E-state index contributed by atoms with van der Waals surface area (Å²) >= 11 is 1.81. The van der Waals surface area contributed by atoms with E-state index in [1.165, 1.54) is 26.4 Å². The lowest BCUT2D eigenvalue weighted by atomic mass is 10.2. The number of carbonyl (C=O) groups excluding carboxylic acids is 1. The van der Waals surface area contributed by atoms with Crippen LogP contribution in [0, 0.1) is 0 Å². The van der Waals surface area contributed by atoms with Crippen LogP contribution in [0.2, 0.25) is 0 Å². The largest absolute Gasteiger partial charge is 0.494 e. The average Bonchev–Trinajstić information content (AvgIpc) is 3.50. The van der Waals surface area contributed by atoms with Crippen LogP contribution in [0.25, 0.3) is 21.0 Å². The molecule has 224 valence electrons. The van der Waals surface area contributed by atoms with Gasteiger partial charge in [-0.15, -0.1) is 11.3 Å². The van der Waals surface area contributed by atoms with Gasteiger partial charge in [-0.25, -0.2) is 4.79 Å². The van der Waals surface area contributed by atoms with Crippen molar-refractivity contribution in [1.82, 2.24) is 14.4 Å². The molecule has 0 N–H and O–H groups in total. The third kappa shape index (κ3) is 7.25. The normalized spacial score (nSPS) is 14.0. The Balaban J connectivity index is 1.09. The molecule has 1 aliphatic rings. The van der Waals surface area contributed by atoms with E-state index in [1.807, 2.05) is 32.0 Å². The number of rotatable bonds is 13. The van der Waals surface area contributed by atoms with Crippen LogP contribution in [0.3, 0.4) is 0 Å². The second kappa shape index (κ2) is 14.6. The Morgan fingerprint density at radius 3 is 2.52 bits per heavy atom. The van der Waals surface area contributed by atoms with Gasteiger partial charge >= 0.3 is 6.09 Å². The maximum atomic E-state index is 12.7. The number of hydrogen-bond acceptors (Lipinski definition) is 7. The van der Waals surface area contributed by atoms with Crippen molar-refractivity contribution in [2.75, 3.05) is 57.3 Å². The highest BCUT2D eigenvalue weighted by Gasteiger charge is 2.19. The van der Waals surface area contributed by atoms with Crippen molar-refractivity contribution in [1.29, 1.82) is 0 Å². The van der Waals surface area contributed by atoms with Crippen molar-refractivity contribution in [2.24, 2.45) is 0 Å². The number of anilines is 1. The molecule has 2 aromatic carbocycles. The highest BCUT2D eigenvalue weighted by atomic mass is 32.1. The molecule has 1 saturated heterocycles. The fraction of sp³-hybridized carbons (Fsp3) is 0.455. The van der Waals surface area contributed by atoms with Crippen LogP contribution in [0.15, 0.2) is 64.8 Å². The number of benzene rings is 2. The molecule has 0 radical (unpaired) electrons. The molecule has 0 bridgehead atoms. The highest BCUT2D eigenvalue weighted by molar-refractivity contribution is 7.17. The highest BCUT2D eigenvalue weighted by Crippen LogP contribution is 2.31. The standard InChI is InChI=1S/C33H42N4O4S/c1-3-15-36(16-4-2)33(39)41-25-37-30-24-27(12-10-26(30)11-13-32(37)38)40-22-6-5-17-34-18-20-35(21-19-34)29-8-7-9-31-28(29)14-23-42-31/h7-14,23-24H,3-6,15-22,25H2,1-2H3. The van der Waals surface area contributed by atoms with Gasteiger partial charge in [0.2, 0.25) is 0 Å². The molecule has 2 aromatic heterocycles. The van der Waals surface area contributed by atoms with E-state index in [-0.39, 0.29) is 12.3 Å². The van der Waals surface area contributed by atoms with Crippen LogP contribution < -0.4 is 15.2 Å². The number of aromatic nitrogens is 1. The van der Waals surface area contributed by atoms with Gasteiger partial charge < -0.3 is 19.3 Å². The first-order valence-electron chi connectivity index (χ1n) is 15.2. The van der Waals surface area contributed by atoms with E-state index < -0.39 is 6.09 Å². The summed E-state index contributed by atoms with van der Waals surface area (Å²) in [7, 11) is 0. The lowest BCUT2D eigenvalue weighted by Gasteiger charge is -2.36. The summed E-state index contributed by atoms with van der Waals surface area (Å²) in [5.41, 5.74) is 1.84. The third-order valence-electron chi connectivity index (χ3n) is 7.85. The van der Waals surface area contributed by atoms with E-state index in [4.69, 9.17) is 9.47 Å². The molecular formula is C33H42N4O4S. The number of ether oxygens (including phenoxy) is 2. The molecule has 0 unspecified atom stereocenters. The van der Waals surface area contributed by atoms with Crippen molar-refractivity contribution in [3.63, 3.8) is 0 Å². The predicted octanol–water partition coefficient (Wildman–Crippen LogP) is 6.41. The van der Waals surface area contributed by atoms with E-state index in [9.17, 15) is 9.59 Å². The Hall–Kier alpha value is -3.56. The van der Waals surface area contributed by atoms with Crippen LogP contribution in [0.5, 0.6) is 5.75 Å². The van der Waals surface area contributed by atoms with Gasteiger partial charge in [0, 0.05) is 67.2 Å². The Bertz CT molecular complexity index is 1520. The summed E-state index contributed by atoms with van der Waals surface area (Å²) in [5.74, 6) is 0.711. The molecule has 42 heavy (non-hydrogen) atoms. The topological polar surface area (TPSA) is 67.2 Å². The number of nitrogens with zero attached hydrogens (tertiary/aromatic N) is 4. The van der Waals surface area contributed by atoms with Gasteiger partial charge in [0.1, 0.15) is 5.75 Å². The number of hydrogen-bond donors (Lipinski definition) is 0. The minimum absolute atomic E-state index is 0.127. The SMILES string of the molecule is CCCN(CCC)C(=O)OCn1c(=O)ccc2ccc(OCCCCN3CCN(c4cccc5sccc45)CC3)cc21. The minimum Gasteiger partial charge on any atom is -0.494 e. The van der Waals surface area contributed by atoms with Crippen molar-refractivity contribution in [3.8, 4) is 5.75 Å². The second-order valence-electron chi connectivity index (χ2n) is 10.8. The number of carbonyl (C=O) groups is 1. The van der Waals surface area contributed by atoms with Crippen LogP contribution >= 0.6 is 11.3 Å².